The zero-order valence-electron chi connectivity index (χ0n) is 15.3. The van der Waals surface area contributed by atoms with Crippen LogP contribution in [0.25, 0.3) is 0 Å². The Morgan fingerprint density at radius 1 is 1.35 bits per heavy atom. The van der Waals surface area contributed by atoms with Gasteiger partial charge in [-0.3, -0.25) is 0 Å². The van der Waals surface area contributed by atoms with Gasteiger partial charge in [0.05, 0.1) is 9.90 Å². The molecule has 4 nitrogen and oxygen atoms in total. The molecule has 4 rings (SSSR count). The van der Waals surface area contributed by atoms with Gasteiger partial charge in [-0.1, -0.05) is 30.8 Å². The van der Waals surface area contributed by atoms with Crippen LogP contribution in [0.15, 0.2) is 44.4 Å². The van der Waals surface area contributed by atoms with Gasteiger partial charge in [0.25, 0.3) is 0 Å². The van der Waals surface area contributed by atoms with E-state index in [0.717, 1.165) is 50.6 Å². The van der Waals surface area contributed by atoms with Crippen LogP contribution in [-0.2, 0) is 11.2 Å². The second-order valence-corrected chi connectivity index (χ2v) is 9.10. The summed E-state index contributed by atoms with van der Waals surface area (Å²) in [4.78, 5) is 10.3. The van der Waals surface area contributed by atoms with E-state index in [-0.39, 0.29) is 0 Å². The van der Waals surface area contributed by atoms with Gasteiger partial charge in [-0.25, -0.2) is 4.99 Å². The maximum Gasteiger partial charge on any atom is 0.138 e. The van der Waals surface area contributed by atoms with Crippen molar-refractivity contribution in [3.8, 4) is 0 Å². The number of nitrogens with one attached hydrogen (secondary N) is 1. The number of rotatable bonds is 4. The van der Waals surface area contributed by atoms with Crippen molar-refractivity contribution in [3.63, 3.8) is 0 Å². The maximum absolute atomic E-state index is 5.28. The molecule has 0 unspecified atom stereocenters. The fourth-order valence-electron chi connectivity index (χ4n) is 3.45. The van der Waals surface area contributed by atoms with Crippen molar-refractivity contribution in [2.75, 3.05) is 33.4 Å². The number of fused-ring (bicyclic) bond motifs is 2. The lowest BCUT2D eigenvalue weighted by molar-refractivity contribution is 0.168. The van der Waals surface area contributed by atoms with E-state index in [1.165, 1.54) is 19.5 Å². The van der Waals surface area contributed by atoms with Gasteiger partial charge in [0.1, 0.15) is 5.84 Å². The molecule has 1 atom stereocenters. The minimum atomic E-state index is 0.449. The van der Waals surface area contributed by atoms with E-state index >= 15 is 0 Å². The van der Waals surface area contributed by atoms with Crippen LogP contribution < -0.4 is 5.32 Å². The molecule has 2 aliphatic heterocycles. The number of nitrogens with zero attached hydrogens (tertiary/aromatic N) is 2. The van der Waals surface area contributed by atoms with Gasteiger partial charge < -0.3 is 15.0 Å². The normalized spacial score (nSPS) is 19.5. The predicted molar refractivity (Wildman–Crippen MR) is 110 cm³/mol. The molecule has 26 heavy (non-hydrogen) atoms. The lowest BCUT2D eigenvalue weighted by atomic mass is 10.1. The van der Waals surface area contributed by atoms with Crippen LogP contribution in [-0.4, -0.2) is 50.1 Å². The third-order valence-corrected chi connectivity index (χ3v) is 7.40. The lowest BCUT2D eigenvalue weighted by Gasteiger charge is -2.35. The highest BCUT2D eigenvalue weighted by molar-refractivity contribution is 8.01. The molecule has 1 aromatic carbocycles. The van der Waals surface area contributed by atoms with Gasteiger partial charge in [0, 0.05) is 54.7 Å². The van der Waals surface area contributed by atoms with Gasteiger partial charge in [-0.2, -0.15) is 0 Å². The van der Waals surface area contributed by atoms with Crippen molar-refractivity contribution in [1.29, 1.82) is 0 Å². The lowest BCUT2D eigenvalue weighted by Crippen LogP contribution is -2.53. The Balaban J connectivity index is 1.70. The van der Waals surface area contributed by atoms with Crippen molar-refractivity contribution in [1.82, 2.24) is 10.2 Å². The summed E-state index contributed by atoms with van der Waals surface area (Å²) >= 11 is 3.78. The third-order valence-electron chi connectivity index (χ3n) is 4.86. The van der Waals surface area contributed by atoms with E-state index in [1.807, 2.05) is 23.1 Å². The van der Waals surface area contributed by atoms with Crippen molar-refractivity contribution in [2.45, 2.75) is 34.9 Å². The summed E-state index contributed by atoms with van der Waals surface area (Å²) < 4.78 is 6.65. The number of aliphatic imine (C=N–C) groups is 1. The fourth-order valence-corrected chi connectivity index (χ4v) is 5.85. The zero-order valence-corrected chi connectivity index (χ0v) is 17.0. The summed E-state index contributed by atoms with van der Waals surface area (Å²) in [5.41, 5.74) is 2.39. The van der Waals surface area contributed by atoms with Crippen molar-refractivity contribution >= 4 is 34.6 Å². The number of hydrogen-bond acceptors (Lipinski definition) is 6. The summed E-state index contributed by atoms with van der Waals surface area (Å²) in [6.45, 7) is 5.98. The van der Waals surface area contributed by atoms with Crippen molar-refractivity contribution in [3.05, 3.63) is 40.8 Å². The molecule has 0 aliphatic carbocycles. The highest BCUT2D eigenvalue weighted by Crippen LogP contribution is 2.44. The number of piperazine rings is 1. The largest absolute Gasteiger partial charge is 0.385 e. The molecule has 2 aromatic rings. The molecule has 0 bridgehead atoms. The monoisotopic (exact) mass is 387 g/mol. The first-order valence-electron chi connectivity index (χ1n) is 9.24. The smallest absolute Gasteiger partial charge is 0.138 e. The Kier molecular flexibility index (Phi) is 5.64. The zero-order chi connectivity index (χ0) is 17.9. The summed E-state index contributed by atoms with van der Waals surface area (Å²) in [5.74, 6) is 1.14. The standard InChI is InChI=1S/C20H25N3OS2/c1-3-15-12-16-19(23-10-9-21-14(13-23)8-11-24-2)22-17-6-4-5-7-18(17)26-20(16)25-15/h4-7,12,14,21H,3,8-11,13H2,1-2H3/t14-/m0/s1. The second kappa shape index (κ2) is 8.13. The van der Waals surface area contributed by atoms with E-state index in [0.29, 0.717) is 6.04 Å². The highest BCUT2D eigenvalue weighted by atomic mass is 32.2. The molecule has 0 radical (unpaired) electrons. The van der Waals surface area contributed by atoms with Gasteiger partial charge in [0.2, 0.25) is 0 Å². The van der Waals surface area contributed by atoms with Gasteiger partial charge >= 0.3 is 0 Å². The third kappa shape index (κ3) is 3.69. The van der Waals surface area contributed by atoms with Gasteiger partial charge in [0.15, 0.2) is 0 Å². The summed E-state index contributed by atoms with van der Waals surface area (Å²) in [5, 5.41) is 3.62. The summed E-state index contributed by atoms with van der Waals surface area (Å²) in [7, 11) is 1.77. The molecule has 1 saturated heterocycles. The van der Waals surface area contributed by atoms with Crippen LogP contribution >= 0.6 is 23.1 Å². The van der Waals surface area contributed by atoms with Crippen LogP contribution in [0.5, 0.6) is 0 Å². The molecule has 1 fully saturated rings. The Morgan fingerprint density at radius 3 is 3.08 bits per heavy atom. The molecular weight excluding hydrogens is 362 g/mol. The maximum atomic E-state index is 5.28. The topological polar surface area (TPSA) is 36.9 Å². The van der Waals surface area contributed by atoms with Crippen LogP contribution in [0, 0.1) is 0 Å². The van der Waals surface area contributed by atoms with E-state index in [9.17, 15) is 0 Å². The van der Waals surface area contributed by atoms with Crippen molar-refractivity contribution < 1.29 is 4.74 Å². The number of thiophene rings is 1. The Bertz CT molecular complexity index is 802. The van der Waals surface area contributed by atoms with E-state index in [4.69, 9.17) is 9.73 Å². The molecule has 1 N–H and O–H groups in total. The van der Waals surface area contributed by atoms with Gasteiger partial charge in [-0.05, 0) is 31.0 Å². The number of amidine groups is 1. The average molecular weight is 388 g/mol. The molecule has 1 aromatic heterocycles. The first kappa shape index (κ1) is 18.0. The van der Waals surface area contributed by atoms with Crippen LogP contribution in [0.1, 0.15) is 23.8 Å². The number of methoxy groups -OCH3 is 1. The van der Waals surface area contributed by atoms with Crippen LogP contribution in [0.4, 0.5) is 5.69 Å². The minimum absolute atomic E-state index is 0.449. The molecule has 138 valence electrons. The molecule has 0 amide bonds. The number of hydrogen-bond donors (Lipinski definition) is 1. The van der Waals surface area contributed by atoms with E-state index < -0.39 is 0 Å². The average Bonchev–Trinajstić information content (AvgIpc) is 3.01. The number of benzene rings is 1. The van der Waals surface area contributed by atoms with Crippen LogP contribution in [0.3, 0.4) is 0 Å². The van der Waals surface area contributed by atoms with Crippen LogP contribution in [0.2, 0.25) is 0 Å². The molecular formula is C20H25N3OS2. The Hall–Kier alpha value is -1.34. The number of aryl methyl sites for hydroxylation is 1. The molecule has 3 heterocycles. The first-order chi connectivity index (χ1) is 12.8. The quantitative estimate of drug-likeness (QED) is 0.855. The highest BCUT2D eigenvalue weighted by Gasteiger charge is 2.27. The summed E-state index contributed by atoms with van der Waals surface area (Å²) in [6.07, 6.45) is 2.10. The molecule has 6 heteroatoms. The Morgan fingerprint density at radius 2 is 2.23 bits per heavy atom. The predicted octanol–water partition coefficient (Wildman–Crippen LogP) is 4.16. The Labute approximate surface area is 163 Å². The van der Waals surface area contributed by atoms with Crippen molar-refractivity contribution in [2.24, 2.45) is 4.99 Å². The first-order valence-corrected chi connectivity index (χ1v) is 10.9. The molecule has 0 saturated carbocycles. The minimum Gasteiger partial charge on any atom is -0.385 e. The van der Waals surface area contributed by atoms with E-state index in [2.05, 4.69) is 47.5 Å². The number of para-hydroxylation sites is 1. The molecule has 2 aliphatic rings. The fraction of sp³-hybridized carbons (Fsp3) is 0.450. The number of ether oxygens (including phenoxy) is 1. The van der Waals surface area contributed by atoms with Gasteiger partial charge in [-0.15, -0.1) is 11.3 Å². The SMILES string of the molecule is CCc1cc2c(s1)Sc1ccccc1N=C2N1CCN[C@@H](CCOC)C1. The van der Waals surface area contributed by atoms with E-state index in [1.54, 1.807) is 7.11 Å². The second-order valence-electron chi connectivity index (χ2n) is 6.65. The molecule has 0 spiro atoms. The summed E-state index contributed by atoms with van der Waals surface area (Å²) in [6, 6.07) is 11.3.